The van der Waals surface area contributed by atoms with Crippen LogP contribution in [0.3, 0.4) is 0 Å². The number of para-hydroxylation sites is 1. The minimum atomic E-state index is -0.114. The molecule has 0 unspecified atom stereocenters. The second-order valence-corrected chi connectivity index (χ2v) is 6.89. The zero-order valence-corrected chi connectivity index (χ0v) is 14.6. The van der Waals surface area contributed by atoms with Gasteiger partial charge in [-0.3, -0.25) is 9.80 Å². The quantitative estimate of drug-likeness (QED) is 0.874. The van der Waals surface area contributed by atoms with E-state index >= 15 is 0 Å². The van der Waals surface area contributed by atoms with Gasteiger partial charge in [0.1, 0.15) is 6.54 Å². The zero-order chi connectivity index (χ0) is 17.2. The molecule has 25 heavy (non-hydrogen) atoms. The lowest BCUT2D eigenvalue weighted by atomic mass is 10.1. The molecule has 0 aromatic heterocycles. The van der Waals surface area contributed by atoms with E-state index in [1.807, 2.05) is 41.4 Å². The fraction of sp³-hybridized carbons (Fsp3) is 0.263. The van der Waals surface area contributed by atoms with Gasteiger partial charge in [-0.1, -0.05) is 41.9 Å². The first-order valence-corrected chi connectivity index (χ1v) is 8.89. The summed E-state index contributed by atoms with van der Waals surface area (Å²) in [6, 6.07) is 15.7. The number of nitrogens with one attached hydrogen (secondary N) is 2. The van der Waals surface area contributed by atoms with E-state index < -0.39 is 0 Å². The van der Waals surface area contributed by atoms with Crippen molar-refractivity contribution in [3.05, 3.63) is 64.7 Å². The topological polar surface area (TPSA) is 49.1 Å². The summed E-state index contributed by atoms with van der Waals surface area (Å²) in [4.78, 5) is 13.7. The highest BCUT2D eigenvalue weighted by Crippen LogP contribution is 2.23. The fourth-order valence-electron chi connectivity index (χ4n) is 3.32. The molecule has 0 saturated carbocycles. The Morgan fingerprint density at radius 1 is 1.08 bits per heavy atom. The van der Waals surface area contributed by atoms with Gasteiger partial charge in [-0.2, -0.15) is 5.10 Å². The number of hydrogen-bond acceptors (Lipinski definition) is 3. The highest BCUT2D eigenvalue weighted by molar-refractivity contribution is 6.53. The van der Waals surface area contributed by atoms with Crippen LogP contribution in [0, 0.1) is 0 Å². The van der Waals surface area contributed by atoms with Gasteiger partial charge in [0.2, 0.25) is 0 Å². The van der Waals surface area contributed by atoms with Crippen LogP contribution in [0.15, 0.2) is 53.6 Å². The van der Waals surface area contributed by atoms with Crippen LogP contribution in [0.1, 0.15) is 11.1 Å². The summed E-state index contributed by atoms with van der Waals surface area (Å²) in [6.45, 7) is 4.69. The van der Waals surface area contributed by atoms with Crippen molar-refractivity contribution in [2.75, 3.05) is 31.5 Å². The Morgan fingerprint density at radius 3 is 2.56 bits per heavy atom. The van der Waals surface area contributed by atoms with Crippen LogP contribution in [0.5, 0.6) is 0 Å². The third-order valence-corrected chi connectivity index (χ3v) is 4.95. The molecule has 1 fully saturated rings. The maximum Gasteiger partial charge on any atom is 0.276 e. The predicted octanol–water partition coefficient (Wildman–Crippen LogP) is 1.40. The minimum Gasteiger partial charge on any atom is -0.328 e. The van der Waals surface area contributed by atoms with Crippen molar-refractivity contribution in [2.45, 2.75) is 6.54 Å². The number of carbonyl (C=O) groups is 1. The summed E-state index contributed by atoms with van der Waals surface area (Å²) in [5.74, 6) is -0.114. The molecular weight excluding hydrogens is 336 g/mol. The number of anilines is 1. The molecule has 2 heterocycles. The molecule has 5 nitrogen and oxygen atoms in total. The van der Waals surface area contributed by atoms with E-state index in [-0.39, 0.29) is 5.91 Å². The van der Waals surface area contributed by atoms with Crippen LogP contribution in [0.4, 0.5) is 5.69 Å². The molecule has 0 spiro atoms. The molecule has 2 aromatic carbocycles. The van der Waals surface area contributed by atoms with E-state index in [1.165, 1.54) is 10.5 Å². The van der Waals surface area contributed by atoms with Crippen LogP contribution in [0.2, 0.25) is 5.02 Å². The second kappa shape index (κ2) is 6.86. The number of hydrazone groups is 1. The molecule has 0 aliphatic carbocycles. The first-order chi connectivity index (χ1) is 12.2. The van der Waals surface area contributed by atoms with Gasteiger partial charge in [0.15, 0.2) is 5.71 Å². The summed E-state index contributed by atoms with van der Waals surface area (Å²) in [7, 11) is 0. The molecule has 0 bridgehead atoms. The van der Waals surface area contributed by atoms with Crippen molar-refractivity contribution in [3.8, 4) is 0 Å². The van der Waals surface area contributed by atoms with Crippen LogP contribution in [0.25, 0.3) is 0 Å². The third-order valence-electron chi connectivity index (χ3n) is 4.70. The van der Waals surface area contributed by atoms with Crippen molar-refractivity contribution < 1.29 is 9.69 Å². The lowest BCUT2D eigenvalue weighted by Crippen LogP contribution is -3.13. The SMILES string of the molecule is O=C1Nc2ccccc2/C1=N/N1CC[NH+](Cc2ccc(Cl)cc2)CC1. The number of rotatable bonds is 3. The van der Waals surface area contributed by atoms with E-state index in [2.05, 4.69) is 22.6 Å². The van der Waals surface area contributed by atoms with Gasteiger partial charge in [0.05, 0.1) is 31.9 Å². The third kappa shape index (κ3) is 3.52. The van der Waals surface area contributed by atoms with Crippen LogP contribution >= 0.6 is 11.6 Å². The van der Waals surface area contributed by atoms with Crippen molar-refractivity contribution >= 4 is 28.9 Å². The molecule has 2 N–H and O–H groups in total. The first kappa shape index (κ1) is 16.1. The number of benzene rings is 2. The van der Waals surface area contributed by atoms with Crippen molar-refractivity contribution in [1.29, 1.82) is 0 Å². The average molecular weight is 356 g/mol. The van der Waals surface area contributed by atoms with E-state index in [9.17, 15) is 4.79 Å². The molecule has 1 saturated heterocycles. The Hall–Kier alpha value is -2.37. The van der Waals surface area contributed by atoms with Crippen molar-refractivity contribution in [1.82, 2.24) is 5.01 Å². The molecule has 2 aliphatic heterocycles. The van der Waals surface area contributed by atoms with E-state index in [1.54, 1.807) is 0 Å². The highest BCUT2D eigenvalue weighted by Gasteiger charge is 2.27. The Morgan fingerprint density at radius 2 is 1.80 bits per heavy atom. The molecule has 1 amide bonds. The van der Waals surface area contributed by atoms with Gasteiger partial charge < -0.3 is 10.2 Å². The second-order valence-electron chi connectivity index (χ2n) is 6.46. The Kier molecular flexibility index (Phi) is 4.42. The smallest absolute Gasteiger partial charge is 0.276 e. The molecule has 4 rings (SSSR count). The summed E-state index contributed by atoms with van der Waals surface area (Å²) in [5.41, 5.74) is 3.56. The van der Waals surface area contributed by atoms with Gasteiger partial charge in [-0.15, -0.1) is 0 Å². The number of nitrogens with zero attached hydrogens (tertiary/aromatic N) is 2. The number of hydrogen-bond donors (Lipinski definition) is 2. The van der Waals surface area contributed by atoms with E-state index in [4.69, 9.17) is 11.6 Å². The molecule has 128 valence electrons. The molecule has 2 aromatic rings. The normalized spacial score (nSPS) is 19.2. The zero-order valence-electron chi connectivity index (χ0n) is 13.8. The van der Waals surface area contributed by atoms with E-state index in [0.29, 0.717) is 5.71 Å². The van der Waals surface area contributed by atoms with Crippen molar-refractivity contribution in [3.63, 3.8) is 0 Å². The number of halogens is 1. The lowest BCUT2D eigenvalue weighted by molar-refractivity contribution is -0.918. The maximum atomic E-state index is 12.2. The molecule has 6 heteroatoms. The Bertz CT molecular complexity index is 810. The molecule has 2 aliphatic rings. The number of quaternary nitrogens is 1. The van der Waals surface area contributed by atoms with E-state index in [0.717, 1.165) is 49.0 Å². The maximum absolute atomic E-state index is 12.2. The Labute approximate surface area is 151 Å². The highest BCUT2D eigenvalue weighted by atomic mass is 35.5. The Balaban J connectivity index is 1.39. The number of carbonyl (C=O) groups excluding carboxylic acids is 1. The van der Waals surface area contributed by atoms with Gasteiger partial charge in [-0.05, 0) is 18.2 Å². The molecule has 0 radical (unpaired) electrons. The van der Waals surface area contributed by atoms with Gasteiger partial charge >= 0.3 is 0 Å². The number of amides is 1. The average Bonchev–Trinajstić information content (AvgIpc) is 2.94. The summed E-state index contributed by atoms with van der Waals surface area (Å²) in [5, 5.41) is 10.3. The van der Waals surface area contributed by atoms with Crippen LogP contribution in [-0.2, 0) is 11.3 Å². The van der Waals surface area contributed by atoms with Crippen LogP contribution in [-0.4, -0.2) is 42.8 Å². The fourth-order valence-corrected chi connectivity index (χ4v) is 3.45. The van der Waals surface area contributed by atoms with Gasteiger partial charge in [0.25, 0.3) is 5.91 Å². The van der Waals surface area contributed by atoms with Gasteiger partial charge in [0, 0.05) is 16.1 Å². The number of piperazine rings is 1. The largest absolute Gasteiger partial charge is 0.328 e. The molecule has 0 atom stereocenters. The standard InChI is InChI=1S/C19H19ClN4O/c20-15-7-5-14(6-8-15)13-23-9-11-24(12-10-23)22-18-16-3-1-2-4-17(16)21-19(18)25/h1-8H,9-13H2,(H,21,22,25)/p+1. The lowest BCUT2D eigenvalue weighted by Gasteiger charge is -2.30. The predicted molar refractivity (Wildman–Crippen MR) is 99.0 cm³/mol. The first-order valence-electron chi connectivity index (χ1n) is 8.51. The summed E-state index contributed by atoms with van der Waals surface area (Å²) < 4.78 is 0. The minimum absolute atomic E-state index is 0.114. The number of fused-ring (bicyclic) bond motifs is 1. The van der Waals surface area contributed by atoms with Gasteiger partial charge in [-0.25, -0.2) is 0 Å². The monoisotopic (exact) mass is 355 g/mol. The summed E-state index contributed by atoms with van der Waals surface area (Å²) in [6.07, 6.45) is 0. The van der Waals surface area contributed by atoms with Crippen LogP contribution < -0.4 is 10.2 Å². The van der Waals surface area contributed by atoms with Crippen molar-refractivity contribution in [2.24, 2.45) is 5.10 Å². The molecular formula is C19H20ClN4O+. The summed E-state index contributed by atoms with van der Waals surface area (Å²) >= 11 is 5.94.